The Morgan fingerprint density at radius 1 is 0.875 bits per heavy atom. The molecule has 128 valence electrons. The van der Waals surface area contributed by atoms with Gasteiger partial charge < -0.3 is 0 Å². The third-order valence-electron chi connectivity index (χ3n) is 4.84. The van der Waals surface area contributed by atoms with E-state index in [1.807, 2.05) is 6.92 Å². The van der Waals surface area contributed by atoms with Gasteiger partial charge in [-0.25, -0.2) is 17.6 Å². The van der Waals surface area contributed by atoms with Crippen molar-refractivity contribution < 1.29 is 17.6 Å². The Labute approximate surface area is 139 Å². The van der Waals surface area contributed by atoms with E-state index in [-0.39, 0.29) is 11.5 Å². The van der Waals surface area contributed by atoms with Gasteiger partial charge in [0.05, 0.1) is 0 Å². The minimum Gasteiger partial charge on any atom is -0.207 e. The second-order valence-electron chi connectivity index (χ2n) is 6.55. The number of aryl methyl sites for hydroxylation is 2. The Hall–Kier alpha value is -1.84. The average molecular weight is 336 g/mol. The molecule has 3 rings (SSSR count). The minimum absolute atomic E-state index is 0.0747. The normalized spacial score (nSPS) is 17.0. The lowest BCUT2D eigenvalue weighted by Crippen LogP contribution is -2.16. The van der Waals surface area contributed by atoms with Crippen LogP contribution >= 0.6 is 0 Å². The predicted molar refractivity (Wildman–Crippen MR) is 86.1 cm³/mol. The molecule has 24 heavy (non-hydrogen) atoms. The van der Waals surface area contributed by atoms with Crippen molar-refractivity contribution >= 4 is 0 Å². The first-order valence-electron chi connectivity index (χ1n) is 8.44. The molecule has 1 aliphatic rings. The van der Waals surface area contributed by atoms with E-state index in [2.05, 4.69) is 0 Å². The Morgan fingerprint density at radius 2 is 1.50 bits per heavy atom. The van der Waals surface area contributed by atoms with E-state index in [9.17, 15) is 17.6 Å². The summed E-state index contributed by atoms with van der Waals surface area (Å²) in [5.74, 6) is -3.19. The summed E-state index contributed by atoms with van der Waals surface area (Å²) < 4.78 is 55.7. The highest BCUT2D eigenvalue weighted by Gasteiger charge is 2.27. The standard InChI is InChI=1S/C20H20F4/c1-2-3-4-12-7-18(23)20(19(24)8-12)14-6-5-13-10-16(21)17(22)11-15(13)9-14/h7-8,10-11,14H,2-6,9H2,1H3. The zero-order chi connectivity index (χ0) is 17.3. The molecule has 0 fully saturated rings. The lowest BCUT2D eigenvalue weighted by atomic mass is 9.79. The summed E-state index contributed by atoms with van der Waals surface area (Å²) in [4.78, 5) is 0. The number of benzene rings is 2. The molecule has 0 bridgehead atoms. The molecule has 0 saturated heterocycles. The lowest BCUT2D eigenvalue weighted by molar-refractivity contribution is 0.476. The summed E-state index contributed by atoms with van der Waals surface area (Å²) in [5.41, 5.74) is 2.11. The maximum atomic E-state index is 14.5. The van der Waals surface area contributed by atoms with Crippen LogP contribution in [-0.4, -0.2) is 0 Å². The van der Waals surface area contributed by atoms with Crippen LogP contribution in [0.1, 0.15) is 54.4 Å². The molecule has 4 heteroatoms. The van der Waals surface area contributed by atoms with Crippen LogP contribution in [0.3, 0.4) is 0 Å². The van der Waals surface area contributed by atoms with Crippen molar-refractivity contribution in [1.29, 1.82) is 0 Å². The van der Waals surface area contributed by atoms with Gasteiger partial charge in [-0.2, -0.15) is 0 Å². The third-order valence-corrected chi connectivity index (χ3v) is 4.84. The Morgan fingerprint density at radius 3 is 2.12 bits per heavy atom. The SMILES string of the molecule is CCCCc1cc(F)c(C2CCc3cc(F)c(F)cc3C2)c(F)c1. The molecule has 0 aliphatic heterocycles. The van der Waals surface area contributed by atoms with Crippen LogP contribution in [0, 0.1) is 23.3 Å². The summed E-state index contributed by atoms with van der Waals surface area (Å²) in [6.07, 6.45) is 3.86. The molecule has 0 spiro atoms. The summed E-state index contributed by atoms with van der Waals surface area (Å²) in [5, 5.41) is 0. The van der Waals surface area contributed by atoms with Crippen LogP contribution in [0.2, 0.25) is 0 Å². The second-order valence-corrected chi connectivity index (χ2v) is 6.55. The van der Waals surface area contributed by atoms with Crippen molar-refractivity contribution in [3.05, 3.63) is 69.8 Å². The van der Waals surface area contributed by atoms with Gasteiger partial charge in [0, 0.05) is 5.56 Å². The average Bonchev–Trinajstić information content (AvgIpc) is 2.53. The number of unbranched alkanes of at least 4 members (excludes halogenated alkanes) is 1. The Kier molecular flexibility index (Phi) is 4.93. The van der Waals surface area contributed by atoms with Gasteiger partial charge in [0.2, 0.25) is 0 Å². The summed E-state index contributed by atoms with van der Waals surface area (Å²) in [6.45, 7) is 2.03. The highest BCUT2D eigenvalue weighted by Crippen LogP contribution is 2.36. The van der Waals surface area contributed by atoms with Gasteiger partial charge in [-0.15, -0.1) is 0 Å². The molecule has 0 amide bonds. The van der Waals surface area contributed by atoms with Gasteiger partial charge in [0.15, 0.2) is 11.6 Å². The molecule has 2 aromatic rings. The number of halogens is 4. The van der Waals surface area contributed by atoms with Crippen molar-refractivity contribution in [3.8, 4) is 0 Å². The van der Waals surface area contributed by atoms with Crippen molar-refractivity contribution in [1.82, 2.24) is 0 Å². The molecule has 0 nitrogen and oxygen atoms in total. The monoisotopic (exact) mass is 336 g/mol. The number of rotatable bonds is 4. The highest BCUT2D eigenvalue weighted by atomic mass is 19.2. The molecule has 0 N–H and O–H groups in total. The molecule has 0 heterocycles. The van der Waals surface area contributed by atoms with E-state index >= 15 is 0 Å². The van der Waals surface area contributed by atoms with Crippen LogP contribution < -0.4 is 0 Å². The first-order valence-corrected chi connectivity index (χ1v) is 8.44. The van der Waals surface area contributed by atoms with Crippen molar-refractivity contribution in [2.45, 2.75) is 51.4 Å². The molecule has 0 radical (unpaired) electrons. The smallest absolute Gasteiger partial charge is 0.159 e. The molecule has 0 saturated carbocycles. The minimum atomic E-state index is -0.912. The van der Waals surface area contributed by atoms with Crippen LogP contribution in [0.5, 0.6) is 0 Å². The molecule has 2 aromatic carbocycles. The highest BCUT2D eigenvalue weighted by molar-refractivity contribution is 5.37. The Bertz CT molecular complexity index is 729. The van der Waals surface area contributed by atoms with E-state index in [1.54, 1.807) is 0 Å². The van der Waals surface area contributed by atoms with Crippen molar-refractivity contribution in [3.63, 3.8) is 0 Å². The van der Waals surface area contributed by atoms with E-state index in [4.69, 9.17) is 0 Å². The van der Waals surface area contributed by atoms with Crippen LogP contribution in [-0.2, 0) is 19.3 Å². The number of hydrogen-bond donors (Lipinski definition) is 0. The second kappa shape index (κ2) is 6.96. The van der Waals surface area contributed by atoms with Gasteiger partial charge in [0.1, 0.15) is 11.6 Å². The maximum Gasteiger partial charge on any atom is 0.159 e. The fraction of sp³-hybridized carbons (Fsp3) is 0.400. The molecule has 1 atom stereocenters. The summed E-state index contributed by atoms with van der Waals surface area (Å²) in [6, 6.07) is 5.17. The molecule has 1 aliphatic carbocycles. The van der Waals surface area contributed by atoms with Gasteiger partial charge in [-0.3, -0.25) is 0 Å². The van der Waals surface area contributed by atoms with Crippen LogP contribution in [0.4, 0.5) is 17.6 Å². The molecule has 1 unspecified atom stereocenters. The topological polar surface area (TPSA) is 0 Å². The fourth-order valence-corrected chi connectivity index (χ4v) is 3.55. The van der Waals surface area contributed by atoms with Crippen LogP contribution in [0.15, 0.2) is 24.3 Å². The fourth-order valence-electron chi connectivity index (χ4n) is 3.55. The largest absolute Gasteiger partial charge is 0.207 e. The number of fused-ring (bicyclic) bond motifs is 1. The van der Waals surface area contributed by atoms with Gasteiger partial charge in [0.25, 0.3) is 0 Å². The summed E-state index contributed by atoms with van der Waals surface area (Å²) in [7, 11) is 0. The van der Waals surface area contributed by atoms with Crippen molar-refractivity contribution in [2.24, 2.45) is 0 Å². The van der Waals surface area contributed by atoms with E-state index in [0.29, 0.717) is 36.8 Å². The van der Waals surface area contributed by atoms with Gasteiger partial charge in [-0.1, -0.05) is 13.3 Å². The maximum absolute atomic E-state index is 14.5. The quantitative estimate of drug-likeness (QED) is 0.614. The summed E-state index contributed by atoms with van der Waals surface area (Å²) >= 11 is 0. The molecular formula is C20H20F4. The molecule has 0 aromatic heterocycles. The zero-order valence-electron chi connectivity index (χ0n) is 13.6. The van der Waals surface area contributed by atoms with E-state index < -0.39 is 23.3 Å². The number of hydrogen-bond acceptors (Lipinski definition) is 0. The first-order chi connectivity index (χ1) is 11.5. The Balaban J connectivity index is 1.88. The predicted octanol–water partition coefficient (Wildman–Crippen LogP) is 5.86. The van der Waals surface area contributed by atoms with Gasteiger partial charge >= 0.3 is 0 Å². The van der Waals surface area contributed by atoms with Crippen LogP contribution in [0.25, 0.3) is 0 Å². The van der Waals surface area contributed by atoms with E-state index in [1.165, 1.54) is 18.2 Å². The van der Waals surface area contributed by atoms with Crippen molar-refractivity contribution in [2.75, 3.05) is 0 Å². The zero-order valence-corrected chi connectivity index (χ0v) is 13.6. The third kappa shape index (κ3) is 3.33. The lowest BCUT2D eigenvalue weighted by Gasteiger charge is -2.26. The first kappa shape index (κ1) is 17.0. The van der Waals surface area contributed by atoms with Gasteiger partial charge in [-0.05, 0) is 79.0 Å². The molecular weight excluding hydrogens is 316 g/mol. The van der Waals surface area contributed by atoms with E-state index in [0.717, 1.165) is 24.5 Å².